The van der Waals surface area contributed by atoms with Gasteiger partial charge in [-0.05, 0) is 37.1 Å². The maximum atomic E-state index is 13.2. The Kier molecular flexibility index (Phi) is 8.82. The van der Waals surface area contributed by atoms with Gasteiger partial charge in [-0.1, -0.05) is 0 Å². The summed E-state index contributed by atoms with van der Waals surface area (Å²) in [7, 11) is 2.81. The fourth-order valence-corrected chi connectivity index (χ4v) is 3.81. The van der Waals surface area contributed by atoms with Crippen molar-refractivity contribution in [2.75, 3.05) is 32.3 Å². The normalized spacial score (nSPS) is 11.0. The van der Waals surface area contributed by atoms with E-state index in [4.69, 9.17) is 20.6 Å². The predicted molar refractivity (Wildman–Crippen MR) is 120 cm³/mol. The minimum Gasteiger partial charge on any atom is -0.497 e. The van der Waals surface area contributed by atoms with E-state index in [2.05, 4.69) is 5.32 Å². The van der Waals surface area contributed by atoms with Gasteiger partial charge >= 0.3 is 17.8 Å². The highest BCUT2D eigenvalue weighted by molar-refractivity contribution is 7.14. The Hall–Kier alpha value is -4.04. The van der Waals surface area contributed by atoms with Crippen molar-refractivity contribution < 1.29 is 38.5 Å². The summed E-state index contributed by atoms with van der Waals surface area (Å²) in [4.78, 5) is 50.3. The third kappa shape index (κ3) is 6.02. The van der Waals surface area contributed by atoms with Crippen molar-refractivity contribution in [3.8, 4) is 23.8 Å². The van der Waals surface area contributed by atoms with E-state index in [9.17, 15) is 24.3 Å². The number of rotatable bonds is 10. The number of anilines is 1. The number of hydrogen-bond donors (Lipinski definition) is 2. The summed E-state index contributed by atoms with van der Waals surface area (Å²) in [6.45, 7) is 1.28. The minimum absolute atomic E-state index is 0.0528. The first kappa shape index (κ1) is 25.2. The predicted octanol–water partition coefficient (Wildman–Crippen LogP) is 1.85. The molecule has 0 bridgehead atoms. The number of carbonyl (C=O) groups excluding carboxylic acids is 3. The molecule has 1 unspecified atom stereocenters. The lowest BCUT2D eigenvalue weighted by Gasteiger charge is -2.30. The number of ether oxygens (including phenoxy) is 3. The second-order valence-corrected chi connectivity index (χ2v) is 7.41. The molecule has 1 aromatic carbocycles. The van der Waals surface area contributed by atoms with Crippen LogP contribution in [0.1, 0.15) is 27.5 Å². The Balaban J connectivity index is 2.62. The van der Waals surface area contributed by atoms with E-state index >= 15 is 0 Å². The van der Waals surface area contributed by atoms with E-state index in [1.54, 1.807) is 13.0 Å². The molecule has 2 rings (SSSR count). The van der Waals surface area contributed by atoms with Crippen molar-refractivity contribution in [2.45, 2.75) is 13.0 Å². The molecule has 0 fully saturated rings. The fraction of sp³-hybridized carbons (Fsp3) is 0.273. The molecule has 1 heterocycles. The number of nitrogens with one attached hydrogen (secondary N) is 1. The summed E-state index contributed by atoms with van der Waals surface area (Å²) < 4.78 is 15.3. The van der Waals surface area contributed by atoms with E-state index in [0.717, 1.165) is 16.2 Å². The summed E-state index contributed by atoms with van der Waals surface area (Å²) in [5.74, 6) is -0.961. The average Bonchev–Trinajstić information content (AvgIpc) is 3.30. The lowest BCUT2D eigenvalue weighted by atomic mass is 10.1. The second-order valence-electron chi connectivity index (χ2n) is 6.29. The number of methoxy groups -OCH3 is 2. The van der Waals surface area contributed by atoms with Gasteiger partial charge in [0.1, 0.15) is 22.9 Å². The van der Waals surface area contributed by atoms with E-state index in [1.807, 2.05) is 5.92 Å². The Morgan fingerprint density at radius 2 is 1.91 bits per heavy atom. The fourth-order valence-electron chi connectivity index (χ4n) is 2.88. The van der Waals surface area contributed by atoms with Crippen molar-refractivity contribution in [1.82, 2.24) is 5.32 Å². The van der Waals surface area contributed by atoms with Crippen LogP contribution in [0.2, 0.25) is 0 Å². The number of benzene rings is 1. The molecule has 0 saturated carbocycles. The molecular formula is C22H22N2O8S. The molecule has 2 aromatic rings. The number of carboxylic acid groups (broad SMARTS) is 1. The van der Waals surface area contributed by atoms with Gasteiger partial charge in [0.05, 0.1) is 26.5 Å². The van der Waals surface area contributed by atoms with Gasteiger partial charge in [0.15, 0.2) is 6.04 Å². The van der Waals surface area contributed by atoms with Gasteiger partial charge in [0.2, 0.25) is 5.91 Å². The van der Waals surface area contributed by atoms with E-state index in [-0.39, 0.29) is 27.8 Å². The van der Waals surface area contributed by atoms with Gasteiger partial charge in [-0.3, -0.25) is 19.3 Å². The number of carboxylic acids is 1. The van der Waals surface area contributed by atoms with Crippen LogP contribution in [0.4, 0.5) is 5.69 Å². The maximum Gasteiger partial charge on any atom is 0.345 e. The molecule has 0 aliphatic heterocycles. The third-order valence-corrected chi connectivity index (χ3v) is 5.44. The smallest absolute Gasteiger partial charge is 0.345 e. The monoisotopic (exact) mass is 474 g/mol. The lowest BCUT2D eigenvalue weighted by Crippen LogP contribution is -2.44. The van der Waals surface area contributed by atoms with Crippen LogP contribution >= 0.6 is 11.3 Å². The van der Waals surface area contributed by atoms with Crippen LogP contribution in [0.15, 0.2) is 30.3 Å². The Morgan fingerprint density at radius 1 is 1.18 bits per heavy atom. The number of terminal acetylenes is 1. The Morgan fingerprint density at radius 3 is 2.45 bits per heavy atom. The van der Waals surface area contributed by atoms with Gasteiger partial charge in [-0.25, -0.2) is 4.79 Å². The molecule has 0 saturated heterocycles. The van der Waals surface area contributed by atoms with Crippen LogP contribution in [0.25, 0.3) is 0 Å². The van der Waals surface area contributed by atoms with Crippen molar-refractivity contribution in [3.05, 3.63) is 40.1 Å². The standard InChI is InChI=1S/C22H22N2O8S/c1-5-18(25)24(14-8-7-13(30-3)11-15(14)31-4)20(16-9-10-17(33-16)22(28)29)21(27)23-12-19(26)32-6-2/h1,7-11,20H,6,12H2,2-4H3,(H,23,27)(H,28,29). The maximum absolute atomic E-state index is 13.2. The molecule has 33 heavy (non-hydrogen) atoms. The number of carbonyl (C=O) groups is 4. The van der Waals surface area contributed by atoms with Crippen LogP contribution in [0, 0.1) is 12.3 Å². The molecule has 1 aromatic heterocycles. The zero-order chi connectivity index (χ0) is 24.5. The highest BCUT2D eigenvalue weighted by Gasteiger charge is 2.35. The van der Waals surface area contributed by atoms with Gasteiger partial charge < -0.3 is 24.6 Å². The molecule has 0 aliphatic carbocycles. The van der Waals surface area contributed by atoms with Crippen LogP contribution in [-0.4, -0.2) is 56.2 Å². The van der Waals surface area contributed by atoms with Crippen molar-refractivity contribution >= 4 is 40.8 Å². The molecule has 0 radical (unpaired) electrons. The zero-order valence-corrected chi connectivity index (χ0v) is 18.9. The van der Waals surface area contributed by atoms with E-state index in [0.29, 0.717) is 5.75 Å². The summed E-state index contributed by atoms with van der Waals surface area (Å²) in [6.07, 6.45) is 5.39. The van der Waals surface area contributed by atoms with Crippen molar-refractivity contribution in [3.63, 3.8) is 0 Å². The summed E-state index contributed by atoms with van der Waals surface area (Å²) in [5, 5.41) is 11.7. The van der Waals surface area contributed by atoms with Crippen molar-refractivity contribution in [2.24, 2.45) is 0 Å². The molecule has 0 aliphatic rings. The molecule has 0 spiro atoms. The van der Waals surface area contributed by atoms with Gasteiger partial charge in [-0.15, -0.1) is 17.8 Å². The molecule has 11 heteroatoms. The molecule has 10 nitrogen and oxygen atoms in total. The third-order valence-electron chi connectivity index (χ3n) is 4.31. The SMILES string of the molecule is C#CC(=O)N(c1ccc(OC)cc1OC)C(C(=O)NCC(=O)OCC)c1ccc(C(=O)O)s1. The van der Waals surface area contributed by atoms with Crippen LogP contribution < -0.4 is 19.7 Å². The molecule has 2 amide bonds. The largest absolute Gasteiger partial charge is 0.497 e. The number of thiophene rings is 1. The summed E-state index contributed by atoms with van der Waals surface area (Å²) >= 11 is 0.789. The minimum atomic E-state index is -1.40. The van der Waals surface area contributed by atoms with Crippen LogP contribution in [0.3, 0.4) is 0 Å². The summed E-state index contributed by atoms with van der Waals surface area (Å²) in [5.41, 5.74) is 0.141. The first-order chi connectivity index (χ1) is 15.8. The number of amides is 2. The number of aromatic carboxylic acids is 1. The molecule has 2 N–H and O–H groups in total. The number of nitrogens with zero attached hydrogens (tertiary/aromatic N) is 1. The van der Waals surface area contributed by atoms with Gasteiger partial charge in [-0.2, -0.15) is 0 Å². The lowest BCUT2D eigenvalue weighted by molar-refractivity contribution is -0.143. The Labute approximate surface area is 194 Å². The van der Waals surface area contributed by atoms with Crippen LogP contribution in [0.5, 0.6) is 11.5 Å². The van der Waals surface area contributed by atoms with Crippen LogP contribution in [-0.2, 0) is 19.1 Å². The summed E-state index contributed by atoms with van der Waals surface area (Å²) in [6, 6.07) is 5.82. The highest BCUT2D eigenvalue weighted by Crippen LogP contribution is 2.39. The van der Waals surface area contributed by atoms with E-state index in [1.165, 1.54) is 38.5 Å². The first-order valence-corrected chi connectivity index (χ1v) is 10.4. The Bertz CT molecular complexity index is 1090. The topological polar surface area (TPSA) is 131 Å². The van der Waals surface area contributed by atoms with Gasteiger partial charge in [0.25, 0.3) is 0 Å². The zero-order valence-electron chi connectivity index (χ0n) is 18.1. The molecule has 174 valence electrons. The second kappa shape index (κ2) is 11.5. The van der Waals surface area contributed by atoms with E-state index < -0.39 is 36.3 Å². The number of esters is 1. The quantitative estimate of drug-likeness (QED) is 0.394. The molecular weight excluding hydrogens is 452 g/mol. The first-order valence-electron chi connectivity index (χ1n) is 9.55. The van der Waals surface area contributed by atoms with Crippen molar-refractivity contribution in [1.29, 1.82) is 0 Å². The highest BCUT2D eigenvalue weighted by atomic mass is 32.1. The molecule has 1 atom stereocenters. The number of hydrogen-bond acceptors (Lipinski definition) is 8. The average molecular weight is 474 g/mol. The van der Waals surface area contributed by atoms with Gasteiger partial charge in [0, 0.05) is 10.9 Å².